The van der Waals surface area contributed by atoms with Crippen molar-refractivity contribution in [2.75, 3.05) is 26.6 Å². The molecule has 11 heteroatoms. The number of carbonyl (C=O) groups excluding carboxylic acids is 1. The molecule has 39 heavy (non-hydrogen) atoms. The van der Waals surface area contributed by atoms with Gasteiger partial charge in [-0.05, 0) is 29.8 Å². The van der Waals surface area contributed by atoms with Crippen LogP contribution in [0.5, 0.6) is 17.2 Å². The molecule has 1 amide bonds. The largest absolute Gasteiger partial charge is 0.493 e. The van der Waals surface area contributed by atoms with Crippen molar-refractivity contribution in [3.8, 4) is 17.2 Å². The number of para-hydroxylation sites is 1. The van der Waals surface area contributed by atoms with E-state index < -0.39 is 0 Å². The molecule has 1 N–H and O–H groups in total. The van der Waals surface area contributed by atoms with Crippen molar-refractivity contribution in [2.24, 2.45) is 0 Å². The van der Waals surface area contributed by atoms with Crippen LogP contribution >= 0.6 is 0 Å². The number of aryl methyl sites for hydroxylation is 1. The first-order valence-corrected chi connectivity index (χ1v) is 12.1. The molecule has 0 unspecified atom stereocenters. The van der Waals surface area contributed by atoms with Gasteiger partial charge in [-0.15, -0.1) is 10.2 Å². The highest BCUT2D eigenvalue weighted by atomic mass is 19.1. The second-order valence-corrected chi connectivity index (χ2v) is 8.75. The monoisotopic (exact) mass is 531 g/mol. The molecule has 0 aliphatic carbocycles. The summed E-state index contributed by atoms with van der Waals surface area (Å²) in [5.41, 5.74) is 1.63. The van der Waals surface area contributed by atoms with E-state index in [1.54, 1.807) is 40.8 Å². The van der Waals surface area contributed by atoms with Gasteiger partial charge in [0.2, 0.25) is 17.4 Å². The van der Waals surface area contributed by atoms with Crippen molar-refractivity contribution in [3.05, 3.63) is 88.2 Å². The Balaban J connectivity index is 1.44. The van der Waals surface area contributed by atoms with E-state index in [9.17, 15) is 14.0 Å². The maximum absolute atomic E-state index is 13.4. The molecule has 0 saturated heterocycles. The summed E-state index contributed by atoms with van der Waals surface area (Å²) in [7, 11) is 4.50. The van der Waals surface area contributed by atoms with E-state index in [0.29, 0.717) is 45.4 Å². The number of methoxy groups -OCH3 is 3. The van der Waals surface area contributed by atoms with E-state index in [1.165, 1.54) is 38.0 Å². The van der Waals surface area contributed by atoms with Crippen LogP contribution in [-0.4, -0.2) is 46.4 Å². The van der Waals surface area contributed by atoms with Crippen molar-refractivity contribution in [2.45, 2.75) is 19.4 Å². The summed E-state index contributed by atoms with van der Waals surface area (Å²) >= 11 is 0. The number of halogens is 1. The third-order valence-corrected chi connectivity index (χ3v) is 6.35. The molecular formula is C28H26FN5O5. The Hall–Kier alpha value is -4.93. The summed E-state index contributed by atoms with van der Waals surface area (Å²) in [5, 5.41) is 11.9. The Morgan fingerprint density at radius 1 is 0.949 bits per heavy atom. The van der Waals surface area contributed by atoms with E-state index in [4.69, 9.17) is 14.2 Å². The van der Waals surface area contributed by atoms with Gasteiger partial charge in [0.15, 0.2) is 11.5 Å². The van der Waals surface area contributed by atoms with Gasteiger partial charge in [0, 0.05) is 30.7 Å². The fourth-order valence-electron chi connectivity index (χ4n) is 4.49. The fraction of sp³-hybridized carbons (Fsp3) is 0.214. The lowest BCUT2D eigenvalue weighted by Crippen LogP contribution is -2.24. The zero-order chi connectivity index (χ0) is 27.5. The number of fused-ring (bicyclic) bond motifs is 3. The van der Waals surface area contributed by atoms with Gasteiger partial charge in [0.25, 0.3) is 5.56 Å². The van der Waals surface area contributed by atoms with Crippen LogP contribution in [0.1, 0.15) is 17.8 Å². The summed E-state index contributed by atoms with van der Waals surface area (Å²) in [4.78, 5) is 26.2. The number of aromatic nitrogens is 4. The first kappa shape index (κ1) is 25.7. The molecule has 0 radical (unpaired) electrons. The molecule has 3 aromatic carbocycles. The van der Waals surface area contributed by atoms with Crippen LogP contribution in [0.25, 0.3) is 16.7 Å². The van der Waals surface area contributed by atoms with Crippen molar-refractivity contribution in [1.29, 1.82) is 0 Å². The van der Waals surface area contributed by atoms with Gasteiger partial charge < -0.3 is 19.5 Å². The smallest absolute Gasteiger partial charge is 0.263 e. The molecule has 0 spiro atoms. The topological polar surface area (TPSA) is 109 Å². The number of nitrogens with zero attached hydrogens (tertiary/aromatic N) is 4. The summed E-state index contributed by atoms with van der Waals surface area (Å²) in [6.07, 6.45) is 0.360. The summed E-state index contributed by atoms with van der Waals surface area (Å²) in [6.45, 7) is 0.188. The number of ether oxygens (including phenoxy) is 3. The number of benzene rings is 3. The van der Waals surface area contributed by atoms with Crippen LogP contribution in [0.2, 0.25) is 0 Å². The van der Waals surface area contributed by atoms with Gasteiger partial charge in [-0.2, -0.15) is 0 Å². The minimum absolute atomic E-state index is 0.100. The zero-order valence-electron chi connectivity index (χ0n) is 21.6. The molecule has 200 valence electrons. The maximum Gasteiger partial charge on any atom is 0.263 e. The predicted octanol–water partition coefficient (Wildman–Crippen LogP) is 3.83. The van der Waals surface area contributed by atoms with E-state index in [0.717, 1.165) is 5.56 Å². The Morgan fingerprint density at radius 3 is 2.31 bits per heavy atom. The Labute approximate surface area is 222 Å². The summed E-state index contributed by atoms with van der Waals surface area (Å²) < 4.78 is 32.7. The first-order chi connectivity index (χ1) is 18.9. The summed E-state index contributed by atoms with van der Waals surface area (Å²) in [6, 6.07) is 16.4. The lowest BCUT2D eigenvalue weighted by Gasteiger charge is -2.14. The Bertz CT molecular complexity index is 1700. The van der Waals surface area contributed by atoms with Gasteiger partial charge in [0.05, 0.1) is 38.8 Å². The van der Waals surface area contributed by atoms with Gasteiger partial charge >= 0.3 is 0 Å². The molecule has 0 aliphatic rings. The van der Waals surface area contributed by atoms with Crippen molar-refractivity contribution >= 4 is 28.3 Å². The highest BCUT2D eigenvalue weighted by Crippen LogP contribution is 2.40. The normalized spacial score (nSPS) is 11.1. The number of anilines is 1. The molecule has 2 aromatic heterocycles. The van der Waals surface area contributed by atoms with Gasteiger partial charge in [0.1, 0.15) is 11.6 Å². The van der Waals surface area contributed by atoms with Gasteiger partial charge in [-0.25, -0.2) is 4.39 Å². The molecule has 2 heterocycles. The molecule has 5 aromatic rings. The highest BCUT2D eigenvalue weighted by molar-refractivity contribution is 5.91. The second-order valence-electron chi connectivity index (χ2n) is 8.75. The van der Waals surface area contributed by atoms with Crippen LogP contribution in [-0.2, 0) is 17.8 Å². The molecule has 0 fully saturated rings. The second kappa shape index (κ2) is 10.8. The minimum Gasteiger partial charge on any atom is -0.493 e. The van der Waals surface area contributed by atoms with Crippen molar-refractivity contribution in [3.63, 3.8) is 0 Å². The molecular weight excluding hydrogens is 505 g/mol. The third kappa shape index (κ3) is 4.98. The molecule has 10 nitrogen and oxygen atoms in total. The van der Waals surface area contributed by atoms with E-state index in [2.05, 4.69) is 15.5 Å². The standard InChI is InChI=1S/C28H26FN5O5/c1-37-22-14-19(15-23(38-2)26(22)39-3)30-25(35)13-12-24-31-32-28-33(16-17-8-10-18(29)11-9-17)27(36)20-6-4-5-7-21(20)34(24)28/h4-11,14-15H,12-13,16H2,1-3H3,(H,30,35). The molecule has 0 saturated carbocycles. The number of hydrogen-bond donors (Lipinski definition) is 1. The molecule has 0 atom stereocenters. The minimum atomic E-state index is -0.357. The van der Waals surface area contributed by atoms with Crippen LogP contribution in [0, 0.1) is 5.82 Å². The van der Waals surface area contributed by atoms with E-state index in [1.807, 2.05) is 12.1 Å². The van der Waals surface area contributed by atoms with Crippen LogP contribution < -0.4 is 25.1 Å². The van der Waals surface area contributed by atoms with E-state index >= 15 is 0 Å². The predicted molar refractivity (Wildman–Crippen MR) is 143 cm³/mol. The number of nitrogens with one attached hydrogen (secondary N) is 1. The van der Waals surface area contributed by atoms with Crippen molar-refractivity contribution in [1.82, 2.24) is 19.2 Å². The zero-order valence-corrected chi connectivity index (χ0v) is 21.6. The molecule has 0 aliphatic heterocycles. The van der Waals surface area contributed by atoms with Crippen molar-refractivity contribution < 1.29 is 23.4 Å². The lowest BCUT2D eigenvalue weighted by molar-refractivity contribution is -0.116. The Morgan fingerprint density at radius 2 is 1.64 bits per heavy atom. The maximum atomic E-state index is 13.4. The van der Waals surface area contributed by atoms with Crippen LogP contribution in [0.15, 0.2) is 65.5 Å². The average Bonchev–Trinajstić information content (AvgIpc) is 3.38. The van der Waals surface area contributed by atoms with Gasteiger partial charge in [-0.1, -0.05) is 24.3 Å². The first-order valence-electron chi connectivity index (χ1n) is 12.1. The molecule has 5 rings (SSSR count). The fourth-order valence-corrected chi connectivity index (χ4v) is 4.49. The summed E-state index contributed by atoms with van der Waals surface area (Å²) in [5.74, 6) is 1.50. The van der Waals surface area contributed by atoms with E-state index in [-0.39, 0.29) is 36.7 Å². The third-order valence-electron chi connectivity index (χ3n) is 6.35. The number of rotatable bonds is 9. The highest BCUT2D eigenvalue weighted by Gasteiger charge is 2.19. The average molecular weight is 532 g/mol. The van der Waals surface area contributed by atoms with Crippen LogP contribution in [0.3, 0.4) is 0 Å². The quantitative estimate of drug-likeness (QED) is 0.308. The lowest BCUT2D eigenvalue weighted by atomic mass is 10.2. The number of hydrogen-bond acceptors (Lipinski definition) is 7. The SMILES string of the molecule is COc1cc(NC(=O)CCc2nnc3n(Cc4ccc(F)cc4)c(=O)c4ccccc4n23)cc(OC)c1OC. The van der Waals surface area contributed by atoms with Crippen LogP contribution in [0.4, 0.5) is 10.1 Å². The number of carbonyl (C=O) groups is 1. The van der Waals surface area contributed by atoms with Gasteiger partial charge in [-0.3, -0.25) is 18.6 Å². The molecule has 0 bridgehead atoms. The number of amides is 1. The Kier molecular flexibility index (Phi) is 7.13.